The molecular weight excluding hydrogens is 665 g/mol. The van der Waals surface area contributed by atoms with E-state index in [1.165, 1.54) is 0 Å². The Balaban J connectivity index is 1.21. The SMILES string of the molecule is c1ccc(-c2ccc3c(oc4ccccc43)c2N(c2cc3c4c(c2)Oc2ccccc2B4c2ccccc2O3)c2cccc3c2oc2ccccc23)cc1. The molecule has 0 unspecified atom stereocenters. The zero-order valence-corrected chi connectivity index (χ0v) is 28.8. The Labute approximate surface area is 310 Å². The second kappa shape index (κ2) is 11.2. The smallest absolute Gasteiger partial charge is 0.260 e. The van der Waals surface area contributed by atoms with Gasteiger partial charge in [0, 0.05) is 44.7 Å². The lowest BCUT2D eigenvalue weighted by atomic mass is 9.35. The van der Waals surface area contributed by atoms with Crippen molar-refractivity contribution in [3.8, 4) is 34.1 Å². The molecule has 0 spiro atoms. The van der Waals surface area contributed by atoms with Crippen molar-refractivity contribution >= 4 is 84.0 Å². The number of rotatable bonds is 4. The van der Waals surface area contributed by atoms with E-state index in [0.29, 0.717) is 0 Å². The second-order valence-electron chi connectivity index (χ2n) is 14.0. The molecule has 0 amide bonds. The Kier molecular flexibility index (Phi) is 6.08. The van der Waals surface area contributed by atoms with E-state index in [1.54, 1.807) is 0 Å². The highest BCUT2D eigenvalue weighted by atomic mass is 16.5. The van der Waals surface area contributed by atoms with Gasteiger partial charge in [0.15, 0.2) is 11.2 Å². The summed E-state index contributed by atoms with van der Waals surface area (Å²) in [4.78, 5) is 2.28. The molecule has 2 aliphatic rings. The molecule has 5 nitrogen and oxygen atoms in total. The van der Waals surface area contributed by atoms with Gasteiger partial charge < -0.3 is 23.2 Å². The van der Waals surface area contributed by atoms with Gasteiger partial charge in [-0.2, -0.15) is 0 Å². The molecule has 0 N–H and O–H groups in total. The predicted molar refractivity (Wildman–Crippen MR) is 219 cm³/mol. The van der Waals surface area contributed by atoms with Crippen molar-refractivity contribution in [3.63, 3.8) is 0 Å². The van der Waals surface area contributed by atoms with Crippen molar-refractivity contribution in [2.75, 3.05) is 4.90 Å². The van der Waals surface area contributed by atoms with E-state index in [9.17, 15) is 0 Å². The fourth-order valence-corrected chi connectivity index (χ4v) is 8.65. The third kappa shape index (κ3) is 4.16. The largest absolute Gasteiger partial charge is 0.458 e. The number of anilines is 3. The highest BCUT2D eigenvalue weighted by Crippen LogP contribution is 2.51. The van der Waals surface area contributed by atoms with Gasteiger partial charge >= 0.3 is 0 Å². The summed E-state index contributed by atoms with van der Waals surface area (Å²) in [5, 5.41) is 4.17. The Bertz CT molecular complexity index is 3070. The van der Waals surface area contributed by atoms with Gasteiger partial charge in [-0.3, -0.25) is 0 Å². The van der Waals surface area contributed by atoms with E-state index in [4.69, 9.17) is 18.3 Å². The Morgan fingerprint density at radius 2 is 0.981 bits per heavy atom. The van der Waals surface area contributed by atoms with Crippen LogP contribution in [0.5, 0.6) is 23.0 Å². The maximum atomic E-state index is 6.90. The van der Waals surface area contributed by atoms with Crippen LogP contribution in [0.1, 0.15) is 0 Å². The van der Waals surface area contributed by atoms with Gasteiger partial charge in [-0.25, -0.2) is 0 Å². The molecule has 54 heavy (non-hydrogen) atoms. The normalized spacial score (nSPS) is 12.7. The van der Waals surface area contributed by atoms with E-state index < -0.39 is 0 Å². The lowest BCUT2D eigenvalue weighted by Crippen LogP contribution is -2.57. The summed E-state index contributed by atoms with van der Waals surface area (Å²) in [6, 6.07) is 58.6. The molecule has 0 saturated carbocycles. The minimum absolute atomic E-state index is 0.0371. The number of hydrogen-bond acceptors (Lipinski definition) is 5. The standard InChI is InChI=1S/C48H28BNO4/c1-2-13-29(14-3-1)31-25-26-35-33-16-5-9-22-40(33)54-48(35)46(31)50(38-20-12-17-34-32-15-4-8-21-39(32)53-47(34)38)30-27-43-45-44(28-30)52-42-24-11-7-19-37(42)49(45)36-18-6-10-23-41(36)51-43/h1-28H. The van der Waals surface area contributed by atoms with Gasteiger partial charge in [-0.05, 0) is 52.9 Å². The van der Waals surface area contributed by atoms with E-state index in [1.807, 2.05) is 42.5 Å². The van der Waals surface area contributed by atoms with Crippen molar-refractivity contribution < 1.29 is 18.3 Å². The fourth-order valence-electron chi connectivity index (χ4n) is 8.65. The summed E-state index contributed by atoms with van der Waals surface area (Å²) >= 11 is 0. The summed E-state index contributed by atoms with van der Waals surface area (Å²) in [5.74, 6) is 3.18. The van der Waals surface area contributed by atoms with Crippen LogP contribution in [0, 0.1) is 0 Å². The van der Waals surface area contributed by atoms with Gasteiger partial charge in [-0.1, -0.05) is 121 Å². The first-order chi connectivity index (χ1) is 26.8. The molecule has 0 aliphatic carbocycles. The summed E-state index contributed by atoms with van der Waals surface area (Å²) in [6.07, 6.45) is 0. The van der Waals surface area contributed by atoms with Crippen molar-refractivity contribution in [1.82, 2.24) is 0 Å². The highest BCUT2D eigenvalue weighted by Gasteiger charge is 2.41. The molecule has 252 valence electrons. The van der Waals surface area contributed by atoms with Crippen LogP contribution in [-0.4, -0.2) is 6.71 Å². The average molecular weight is 694 g/mol. The lowest BCUT2D eigenvalue weighted by Gasteiger charge is -2.35. The number of ether oxygens (including phenoxy) is 2. The number of benzene rings is 8. The van der Waals surface area contributed by atoms with Crippen LogP contribution in [0.15, 0.2) is 179 Å². The van der Waals surface area contributed by atoms with Crippen LogP contribution < -0.4 is 30.8 Å². The van der Waals surface area contributed by atoms with Crippen LogP contribution in [0.2, 0.25) is 0 Å². The number of fused-ring (bicyclic) bond motifs is 10. The number of nitrogens with zero attached hydrogens (tertiary/aromatic N) is 1. The molecule has 0 bridgehead atoms. The molecule has 10 aromatic rings. The summed E-state index contributed by atoms with van der Waals surface area (Å²) in [6.45, 7) is -0.0371. The fraction of sp³-hybridized carbons (Fsp3) is 0. The Hall–Kier alpha value is -7.18. The van der Waals surface area contributed by atoms with Gasteiger partial charge in [0.2, 0.25) is 0 Å². The van der Waals surface area contributed by atoms with Crippen molar-refractivity contribution in [1.29, 1.82) is 0 Å². The lowest BCUT2D eigenvalue weighted by molar-refractivity contribution is 0.465. The third-order valence-electron chi connectivity index (χ3n) is 11.0. The zero-order chi connectivity index (χ0) is 35.3. The van der Waals surface area contributed by atoms with Gasteiger partial charge in [0.05, 0.1) is 17.1 Å². The Morgan fingerprint density at radius 1 is 0.426 bits per heavy atom. The molecule has 8 aromatic carbocycles. The van der Waals surface area contributed by atoms with Crippen molar-refractivity contribution in [3.05, 3.63) is 170 Å². The van der Waals surface area contributed by atoms with Crippen LogP contribution in [0.4, 0.5) is 17.1 Å². The topological polar surface area (TPSA) is 48.0 Å². The van der Waals surface area contributed by atoms with E-state index in [-0.39, 0.29) is 6.71 Å². The molecular formula is C48H28BNO4. The van der Waals surface area contributed by atoms with E-state index in [2.05, 4.69) is 132 Å². The monoisotopic (exact) mass is 693 g/mol. The molecule has 0 radical (unpaired) electrons. The van der Waals surface area contributed by atoms with Gasteiger partial charge in [-0.15, -0.1) is 0 Å². The Morgan fingerprint density at radius 3 is 1.67 bits per heavy atom. The predicted octanol–water partition coefficient (Wildman–Crippen LogP) is 11.3. The maximum Gasteiger partial charge on any atom is 0.260 e. The zero-order valence-electron chi connectivity index (χ0n) is 28.8. The molecule has 0 saturated heterocycles. The summed E-state index contributed by atoms with van der Waals surface area (Å²) < 4.78 is 27.3. The van der Waals surface area contributed by atoms with E-state index >= 15 is 0 Å². The quantitative estimate of drug-likeness (QED) is 0.172. The van der Waals surface area contributed by atoms with Crippen LogP contribution in [0.25, 0.3) is 55.0 Å². The summed E-state index contributed by atoms with van der Waals surface area (Å²) in [5.41, 5.74) is 11.1. The van der Waals surface area contributed by atoms with E-state index in [0.717, 1.165) is 111 Å². The third-order valence-corrected chi connectivity index (χ3v) is 11.0. The van der Waals surface area contributed by atoms with Crippen LogP contribution in [0.3, 0.4) is 0 Å². The maximum absolute atomic E-state index is 6.90. The van der Waals surface area contributed by atoms with Crippen LogP contribution >= 0.6 is 0 Å². The first-order valence-electron chi connectivity index (χ1n) is 18.2. The van der Waals surface area contributed by atoms with Crippen molar-refractivity contribution in [2.24, 2.45) is 0 Å². The minimum atomic E-state index is -0.0371. The van der Waals surface area contributed by atoms with Gasteiger partial charge in [0.25, 0.3) is 6.71 Å². The van der Waals surface area contributed by atoms with Crippen LogP contribution in [-0.2, 0) is 0 Å². The average Bonchev–Trinajstić information content (AvgIpc) is 3.80. The second-order valence-corrected chi connectivity index (χ2v) is 14.0. The molecule has 0 fully saturated rings. The highest BCUT2D eigenvalue weighted by molar-refractivity contribution is 6.98. The summed E-state index contributed by atoms with van der Waals surface area (Å²) in [7, 11) is 0. The molecule has 2 aromatic heterocycles. The minimum Gasteiger partial charge on any atom is -0.458 e. The van der Waals surface area contributed by atoms with Crippen molar-refractivity contribution in [2.45, 2.75) is 0 Å². The molecule has 0 atom stereocenters. The number of hydrogen-bond donors (Lipinski definition) is 0. The first kappa shape index (κ1) is 29.4. The molecule has 4 heterocycles. The number of furan rings is 2. The van der Waals surface area contributed by atoms with Gasteiger partial charge in [0.1, 0.15) is 34.2 Å². The number of para-hydroxylation sites is 5. The first-order valence-corrected chi connectivity index (χ1v) is 18.2. The molecule has 12 rings (SSSR count). The molecule has 6 heteroatoms. The molecule has 2 aliphatic heterocycles.